The van der Waals surface area contributed by atoms with Gasteiger partial charge in [-0.2, -0.15) is 13.2 Å². The highest BCUT2D eigenvalue weighted by Crippen LogP contribution is 2.40. The maximum atomic E-state index is 12.4. The predicted octanol–water partition coefficient (Wildman–Crippen LogP) is 3.35. The lowest BCUT2D eigenvalue weighted by Crippen LogP contribution is -2.30. The van der Waals surface area contributed by atoms with Crippen LogP contribution in [0.1, 0.15) is 39.0 Å². The molecule has 1 aliphatic carbocycles. The van der Waals surface area contributed by atoms with E-state index in [1.165, 1.54) is 0 Å². The van der Waals surface area contributed by atoms with Crippen LogP contribution in [0.4, 0.5) is 13.2 Å². The molecule has 4 heteroatoms. The monoisotopic (exact) mass is 223 g/mol. The number of alkyl halides is 3. The SMILES string of the molecule is CNC(C)CC1CCC(C(F)(F)F)CC1. The molecular weight excluding hydrogens is 203 g/mol. The highest BCUT2D eigenvalue weighted by molar-refractivity contribution is 4.78. The Labute approximate surface area is 89.4 Å². The van der Waals surface area contributed by atoms with Crippen LogP contribution in [0.15, 0.2) is 0 Å². The fourth-order valence-corrected chi connectivity index (χ4v) is 2.34. The molecule has 0 aliphatic heterocycles. The fraction of sp³-hybridized carbons (Fsp3) is 1.00. The zero-order valence-electron chi connectivity index (χ0n) is 9.40. The third-order valence-corrected chi connectivity index (χ3v) is 3.49. The first-order valence-corrected chi connectivity index (χ1v) is 5.67. The first-order chi connectivity index (χ1) is 6.93. The highest BCUT2D eigenvalue weighted by Gasteiger charge is 2.41. The van der Waals surface area contributed by atoms with Crippen LogP contribution < -0.4 is 5.32 Å². The molecule has 1 saturated carbocycles. The molecule has 0 heterocycles. The Hall–Kier alpha value is -0.250. The molecule has 0 radical (unpaired) electrons. The van der Waals surface area contributed by atoms with Crippen molar-refractivity contribution >= 4 is 0 Å². The summed E-state index contributed by atoms with van der Waals surface area (Å²) in [5.74, 6) is -0.565. The standard InChI is InChI=1S/C11H20F3N/c1-8(15-2)7-9-3-5-10(6-4-9)11(12,13)14/h8-10,15H,3-7H2,1-2H3. The second kappa shape index (κ2) is 5.19. The van der Waals surface area contributed by atoms with Crippen LogP contribution in [0.2, 0.25) is 0 Å². The van der Waals surface area contributed by atoms with Gasteiger partial charge < -0.3 is 5.32 Å². The van der Waals surface area contributed by atoms with Crippen LogP contribution in [0.5, 0.6) is 0 Å². The van der Waals surface area contributed by atoms with Gasteiger partial charge in [0.15, 0.2) is 0 Å². The van der Waals surface area contributed by atoms with Crippen LogP contribution in [0, 0.1) is 11.8 Å². The Balaban J connectivity index is 2.30. The van der Waals surface area contributed by atoms with Crippen LogP contribution in [0.25, 0.3) is 0 Å². The van der Waals surface area contributed by atoms with E-state index in [1.807, 2.05) is 7.05 Å². The molecule has 0 bridgehead atoms. The molecule has 0 aromatic carbocycles. The minimum Gasteiger partial charge on any atom is -0.317 e. The number of rotatable bonds is 3. The normalized spacial score (nSPS) is 30.2. The zero-order valence-corrected chi connectivity index (χ0v) is 9.40. The molecule has 1 N–H and O–H groups in total. The summed E-state index contributed by atoms with van der Waals surface area (Å²) in [6.07, 6.45) is -0.859. The molecule has 90 valence electrons. The number of halogens is 3. The molecule has 15 heavy (non-hydrogen) atoms. The second-order valence-corrected chi connectivity index (χ2v) is 4.68. The summed E-state index contributed by atoms with van der Waals surface area (Å²) in [4.78, 5) is 0. The van der Waals surface area contributed by atoms with E-state index in [4.69, 9.17) is 0 Å². The Morgan fingerprint density at radius 1 is 1.20 bits per heavy atom. The molecule has 1 unspecified atom stereocenters. The largest absolute Gasteiger partial charge is 0.391 e. The Bertz CT molecular complexity index is 183. The van der Waals surface area contributed by atoms with Crippen molar-refractivity contribution in [3.8, 4) is 0 Å². The molecule has 0 aromatic heterocycles. The van der Waals surface area contributed by atoms with E-state index < -0.39 is 12.1 Å². The van der Waals surface area contributed by atoms with Gasteiger partial charge in [0, 0.05) is 6.04 Å². The van der Waals surface area contributed by atoms with Crippen molar-refractivity contribution in [3.05, 3.63) is 0 Å². The number of hydrogen-bond acceptors (Lipinski definition) is 1. The number of nitrogens with one attached hydrogen (secondary N) is 1. The second-order valence-electron chi connectivity index (χ2n) is 4.68. The van der Waals surface area contributed by atoms with Crippen LogP contribution in [-0.2, 0) is 0 Å². The highest BCUT2D eigenvalue weighted by atomic mass is 19.4. The van der Waals surface area contributed by atoms with Gasteiger partial charge in [-0.1, -0.05) is 0 Å². The summed E-state index contributed by atoms with van der Waals surface area (Å²) in [5, 5.41) is 3.13. The van der Waals surface area contributed by atoms with E-state index in [9.17, 15) is 13.2 Å². The molecule has 0 spiro atoms. The molecule has 1 fully saturated rings. The third kappa shape index (κ3) is 4.01. The van der Waals surface area contributed by atoms with E-state index in [1.54, 1.807) is 0 Å². The minimum absolute atomic E-state index is 0.324. The minimum atomic E-state index is -3.97. The Morgan fingerprint density at radius 3 is 2.13 bits per heavy atom. The van der Waals surface area contributed by atoms with Gasteiger partial charge in [-0.15, -0.1) is 0 Å². The fourth-order valence-electron chi connectivity index (χ4n) is 2.34. The lowest BCUT2D eigenvalue weighted by atomic mass is 9.79. The molecule has 0 aromatic rings. The van der Waals surface area contributed by atoms with E-state index in [-0.39, 0.29) is 0 Å². The van der Waals surface area contributed by atoms with Crippen molar-refractivity contribution in [2.75, 3.05) is 7.05 Å². The maximum Gasteiger partial charge on any atom is 0.391 e. The van der Waals surface area contributed by atoms with E-state index in [2.05, 4.69) is 12.2 Å². The van der Waals surface area contributed by atoms with Gasteiger partial charge in [0.2, 0.25) is 0 Å². The van der Waals surface area contributed by atoms with Crippen molar-refractivity contribution in [3.63, 3.8) is 0 Å². The zero-order chi connectivity index (χ0) is 11.5. The van der Waals surface area contributed by atoms with Crippen molar-refractivity contribution in [2.45, 2.75) is 51.2 Å². The topological polar surface area (TPSA) is 12.0 Å². The quantitative estimate of drug-likeness (QED) is 0.773. The van der Waals surface area contributed by atoms with Gasteiger partial charge in [0.05, 0.1) is 5.92 Å². The van der Waals surface area contributed by atoms with Gasteiger partial charge in [0.1, 0.15) is 0 Å². The molecule has 1 nitrogen and oxygen atoms in total. The summed E-state index contributed by atoms with van der Waals surface area (Å²) < 4.78 is 37.2. The summed E-state index contributed by atoms with van der Waals surface area (Å²) in [5.41, 5.74) is 0. The Morgan fingerprint density at radius 2 is 1.73 bits per heavy atom. The van der Waals surface area contributed by atoms with Crippen LogP contribution in [0.3, 0.4) is 0 Å². The van der Waals surface area contributed by atoms with Crippen molar-refractivity contribution in [1.82, 2.24) is 5.32 Å². The van der Waals surface area contributed by atoms with Gasteiger partial charge in [0.25, 0.3) is 0 Å². The van der Waals surface area contributed by atoms with Gasteiger partial charge in [-0.25, -0.2) is 0 Å². The molecule has 1 atom stereocenters. The first kappa shape index (κ1) is 12.8. The molecule has 1 rings (SSSR count). The van der Waals surface area contributed by atoms with Crippen molar-refractivity contribution in [1.29, 1.82) is 0 Å². The summed E-state index contributed by atoms with van der Waals surface area (Å²) in [7, 11) is 1.89. The Kier molecular flexibility index (Phi) is 4.44. The third-order valence-electron chi connectivity index (χ3n) is 3.49. The molecule has 0 saturated heterocycles. The van der Waals surface area contributed by atoms with Crippen LogP contribution in [-0.4, -0.2) is 19.3 Å². The van der Waals surface area contributed by atoms with E-state index in [0.29, 0.717) is 24.8 Å². The van der Waals surface area contributed by atoms with E-state index in [0.717, 1.165) is 19.3 Å². The van der Waals surface area contributed by atoms with E-state index >= 15 is 0 Å². The molecular formula is C11H20F3N. The average molecular weight is 223 g/mol. The predicted molar refractivity (Wildman–Crippen MR) is 54.6 cm³/mol. The lowest BCUT2D eigenvalue weighted by molar-refractivity contribution is -0.184. The first-order valence-electron chi connectivity index (χ1n) is 5.67. The smallest absolute Gasteiger partial charge is 0.317 e. The van der Waals surface area contributed by atoms with Crippen LogP contribution >= 0.6 is 0 Å². The van der Waals surface area contributed by atoms with Gasteiger partial charge in [-0.05, 0) is 52.0 Å². The molecule has 1 aliphatic rings. The average Bonchev–Trinajstić information content (AvgIpc) is 2.17. The van der Waals surface area contributed by atoms with Crippen molar-refractivity contribution in [2.24, 2.45) is 11.8 Å². The summed E-state index contributed by atoms with van der Waals surface area (Å²) in [6, 6.07) is 0.414. The van der Waals surface area contributed by atoms with Gasteiger partial charge >= 0.3 is 6.18 Å². The maximum absolute atomic E-state index is 12.4. The summed E-state index contributed by atoms with van der Waals surface area (Å²) >= 11 is 0. The lowest BCUT2D eigenvalue weighted by Gasteiger charge is -2.31. The molecule has 0 amide bonds. The number of hydrogen-bond donors (Lipinski definition) is 1. The van der Waals surface area contributed by atoms with Crippen molar-refractivity contribution < 1.29 is 13.2 Å². The summed E-state index contributed by atoms with van der Waals surface area (Å²) in [6.45, 7) is 2.08. The van der Waals surface area contributed by atoms with Gasteiger partial charge in [-0.3, -0.25) is 0 Å².